The Kier molecular flexibility index (Phi) is 5.78. The molecule has 0 spiro atoms. The Hall–Kier alpha value is -3.43. The number of ether oxygens (including phenoxy) is 2. The molecule has 2 N–H and O–H groups in total. The first kappa shape index (κ1) is 17.6. The number of nitrogens with zero attached hydrogens (tertiary/aromatic N) is 1. The van der Waals surface area contributed by atoms with Gasteiger partial charge in [0.2, 0.25) is 0 Å². The highest BCUT2D eigenvalue weighted by molar-refractivity contribution is 6.01. The van der Waals surface area contributed by atoms with E-state index >= 15 is 0 Å². The standard InChI is InChI=1S/C13H12N2O8/c1-22-11(16)6-10(13(19)23-2)14-9-4-3-7(15(20)21)5-8(9)12(17)18/h3-6,14H,1-2H3,(H,17,18)/b10-6+. The van der Waals surface area contributed by atoms with Gasteiger partial charge in [-0.25, -0.2) is 14.4 Å². The van der Waals surface area contributed by atoms with E-state index in [4.69, 9.17) is 5.11 Å². The first-order valence-corrected chi connectivity index (χ1v) is 5.96. The topological polar surface area (TPSA) is 145 Å². The van der Waals surface area contributed by atoms with Crippen LogP contribution in [0.4, 0.5) is 11.4 Å². The van der Waals surface area contributed by atoms with Crippen LogP contribution in [-0.2, 0) is 19.1 Å². The summed E-state index contributed by atoms with van der Waals surface area (Å²) in [7, 11) is 2.14. The largest absolute Gasteiger partial charge is 0.478 e. The van der Waals surface area contributed by atoms with Crippen LogP contribution < -0.4 is 5.32 Å². The van der Waals surface area contributed by atoms with Crippen molar-refractivity contribution in [2.75, 3.05) is 19.5 Å². The van der Waals surface area contributed by atoms with E-state index in [1.54, 1.807) is 0 Å². The number of nitro groups is 1. The van der Waals surface area contributed by atoms with Crippen LogP contribution in [0.5, 0.6) is 0 Å². The molecule has 0 heterocycles. The van der Waals surface area contributed by atoms with E-state index < -0.39 is 39.8 Å². The minimum absolute atomic E-state index is 0.136. The van der Waals surface area contributed by atoms with Crippen molar-refractivity contribution in [3.63, 3.8) is 0 Å². The molecule has 0 saturated heterocycles. The van der Waals surface area contributed by atoms with Gasteiger partial charge in [0.05, 0.1) is 36.5 Å². The molecule has 0 aliphatic heterocycles. The molecule has 0 bridgehead atoms. The molecule has 0 unspecified atom stereocenters. The normalized spacial score (nSPS) is 10.6. The van der Waals surface area contributed by atoms with E-state index in [1.165, 1.54) is 0 Å². The number of carbonyl (C=O) groups excluding carboxylic acids is 2. The molecule has 0 radical (unpaired) electrons. The van der Waals surface area contributed by atoms with Gasteiger partial charge in [-0.05, 0) is 6.07 Å². The van der Waals surface area contributed by atoms with Gasteiger partial charge in [0.25, 0.3) is 5.69 Å². The molecule has 23 heavy (non-hydrogen) atoms. The Bertz CT molecular complexity index is 695. The summed E-state index contributed by atoms with van der Waals surface area (Å²) in [6, 6.07) is 2.95. The van der Waals surface area contributed by atoms with Crippen molar-refractivity contribution in [3.05, 3.63) is 45.6 Å². The van der Waals surface area contributed by atoms with Gasteiger partial charge < -0.3 is 19.9 Å². The fraction of sp³-hybridized carbons (Fsp3) is 0.154. The molecule has 0 saturated carbocycles. The molecule has 122 valence electrons. The lowest BCUT2D eigenvalue weighted by Crippen LogP contribution is -2.17. The van der Waals surface area contributed by atoms with Gasteiger partial charge >= 0.3 is 17.9 Å². The van der Waals surface area contributed by atoms with E-state index in [0.29, 0.717) is 0 Å². The first-order chi connectivity index (χ1) is 10.8. The number of non-ortho nitro benzene ring substituents is 1. The Morgan fingerprint density at radius 1 is 1.26 bits per heavy atom. The van der Waals surface area contributed by atoms with Crippen LogP contribution in [0.1, 0.15) is 10.4 Å². The minimum atomic E-state index is -1.46. The second kappa shape index (κ2) is 7.54. The highest BCUT2D eigenvalue weighted by Gasteiger charge is 2.19. The first-order valence-electron chi connectivity index (χ1n) is 5.96. The number of carboxylic acids is 1. The van der Waals surface area contributed by atoms with Crippen molar-refractivity contribution < 1.29 is 33.9 Å². The predicted molar refractivity (Wildman–Crippen MR) is 75.8 cm³/mol. The van der Waals surface area contributed by atoms with Gasteiger partial charge in [-0.1, -0.05) is 0 Å². The van der Waals surface area contributed by atoms with Gasteiger partial charge in [0.1, 0.15) is 5.70 Å². The average Bonchev–Trinajstić information content (AvgIpc) is 2.52. The Labute approximate surface area is 129 Å². The van der Waals surface area contributed by atoms with Crippen LogP contribution in [0.15, 0.2) is 30.0 Å². The summed E-state index contributed by atoms with van der Waals surface area (Å²) in [5, 5.41) is 22.2. The molecule has 0 aliphatic carbocycles. The molecule has 0 fully saturated rings. The van der Waals surface area contributed by atoms with Crippen LogP contribution in [-0.4, -0.2) is 42.2 Å². The number of rotatable bonds is 6. The summed E-state index contributed by atoms with van der Waals surface area (Å²) in [5.41, 5.74) is -1.43. The molecule has 10 nitrogen and oxygen atoms in total. The highest BCUT2D eigenvalue weighted by Crippen LogP contribution is 2.23. The monoisotopic (exact) mass is 324 g/mol. The van der Waals surface area contributed by atoms with Crippen molar-refractivity contribution >= 4 is 29.3 Å². The number of esters is 2. The summed E-state index contributed by atoms with van der Waals surface area (Å²) in [5.74, 6) is -3.29. The molecule has 1 aromatic carbocycles. The number of hydrogen-bond acceptors (Lipinski definition) is 8. The van der Waals surface area contributed by atoms with Crippen molar-refractivity contribution in [3.8, 4) is 0 Å². The molecule has 0 atom stereocenters. The summed E-state index contributed by atoms with van der Waals surface area (Å²) in [6.07, 6.45) is 0.763. The zero-order chi connectivity index (χ0) is 17.6. The number of anilines is 1. The maximum absolute atomic E-state index is 11.6. The van der Waals surface area contributed by atoms with Gasteiger partial charge in [0, 0.05) is 12.1 Å². The maximum atomic E-state index is 11.6. The van der Waals surface area contributed by atoms with Crippen LogP contribution in [0.2, 0.25) is 0 Å². The minimum Gasteiger partial charge on any atom is -0.478 e. The average molecular weight is 324 g/mol. The summed E-state index contributed by atoms with van der Waals surface area (Å²) >= 11 is 0. The van der Waals surface area contributed by atoms with E-state index in [0.717, 1.165) is 38.5 Å². The van der Waals surface area contributed by atoms with Crippen molar-refractivity contribution in [2.24, 2.45) is 0 Å². The molecular formula is C13H12N2O8. The van der Waals surface area contributed by atoms with Crippen molar-refractivity contribution in [1.82, 2.24) is 0 Å². The lowest BCUT2D eigenvalue weighted by atomic mass is 10.1. The third-order valence-corrected chi connectivity index (χ3v) is 2.58. The van der Waals surface area contributed by atoms with Crippen LogP contribution >= 0.6 is 0 Å². The third kappa shape index (κ3) is 4.52. The highest BCUT2D eigenvalue weighted by atomic mass is 16.6. The Balaban J connectivity index is 3.30. The lowest BCUT2D eigenvalue weighted by Gasteiger charge is -2.11. The number of benzene rings is 1. The molecule has 10 heteroatoms. The number of carbonyl (C=O) groups is 3. The van der Waals surface area contributed by atoms with Crippen LogP contribution in [0, 0.1) is 10.1 Å². The van der Waals surface area contributed by atoms with Crippen molar-refractivity contribution in [1.29, 1.82) is 0 Å². The second-order valence-corrected chi connectivity index (χ2v) is 3.99. The summed E-state index contributed by atoms with van der Waals surface area (Å²) in [6.45, 7) is 0. The van der Waals surface area contributed by atoms with E-state index in [2.05, 4.69) is 14.8 Å². The van der Waals surface area contributed by atoms with Crippen LogP contribution in [0.3, 0.4) is 0 Å². The third-order valence-electron chi connectivity index (χ3n) is 2.58. The van der Waals surface area contributed by atoms with E-state index in [-0.39, 0.29) is 5.69 Å². The Morgan fingerprint density at radius 3 is 2.39 bits per heavy atom. The number of nitro benzene ring substituents is 1. The van der Waals surface area contributed by atoms with Crippen LogP contribution in [0.25, 0.3) is 0 Å². The number of aromatic carboxylic acids is 1. The molecular weight excluding hydrogens is 312 g/mol. The van der Waals surface area contributed by atoms with Crippen molar-refractivity contribution in [2.45, 2.75) is 0 Å². The van der Waals surface area contributed by atoms with Gasteiger partial charge in [-0.3, -0.25) is 10.1 Å². The Morgan fingerprint density at radius 2 is 1.91 bits per heavy atom. The number of nitrogens with one attached hydrogen (secondary N) is 1. The second-order valence-electron chi connectivity index (χ2n) is 3.99. The quantitative estimate of drug-likeness (QED) is 0.338. The number of methoxy groups -OCH3 is 2. The predicted octanol–water partition coefficient (Wildman–Crippen LogP) is 0.935. The number of hydrogen-bond donors (Lipinski definition) is 2. The lowest BCUT2D eigenvalue weighted by molar-refractivity contribution is -0.384. The summed E-state index contributed by atoms with van der Waals surface area (Å²) < 4.78 is 8.83. The maximum Gasteiger partial charge on any atom is 0.354 e. The van der Waals surface area contributed by atoms with Gasteiger partial charge in [0.15, 0.2) is 0 Å². The number of carboxylic acid groups (broad SMARTS) is 1. The fourth-order valence-electron chi connectivity index (χ4n) is 1.51. The molecule has 1 aromatic rings. The zero-order valence-corrected chi connectivity index (χ0v) is 12.1. The smallest absolute Gasteiger partial charge is 0.354 e. The molecule has 0 amide bonds. The SMILES string of the molecule is COC(=O)/C=C(/Nc1ccc([N+](=O)[O-])cc1C(=O)O)C(=O)OC. The van der Waals surface area contributed by atoms with E-state index in [1.807, 2.05) is 0 Å². The molecule has 0 aliphatic rings. The molecule has 1 rings (SSSR count). The van der Waals surface area contributed by atoms with E-state index in [9.17, 15) is 24.5 Å². The van der Waals surface area contributed by atoms with Gasteiger partial charge in [-0.15, -0.1) is 0 Å². The zero-order valence-electron chi connectivity index (χ0n) is 12.1. The fourth-order valence-corrected chi connectivity index (χ4v) is 1.51. The summed E-state index contributed by atoms with van der Waals surface area (Å²) in [4.78, 5) is 44.0. The molecule has 0 aromatic heterocycles. The van der Waals surface area contributed by atoms with Gasteiger partial charge in [-0.2, -0.15) is 0 Å².